The standard InChI is InChI=1S/C12H9Br.Mg.2H/c13-12-9-5-4-8-11(12)10-6-2-1-3-7-10;;;/h1-9H;;;/q;+2;2*-1. The average molecular weight is 259 g/mol. The zero-order valence-electron chi connectivity index (χ0n) is 9.78. The molecule has 0 saturated carbocycles. The van der Waals surface area contributed by atoms with Crippen molar-refractivity contribution in [3.05, 3.63) is 59.1 Å². The van der Waals surface area contributed by atoms with Gasteiger partial charge in [-0.3, -0.25) is 0 Å². The summed E-state index contributed by atoms with van der Waals surface area (Å²) in [5.41, 5.74) is 2.48. The molecule has 2 heteroatoms. The summed E-state index contributed by atoms with van der Waals surface area (Å²) in [5, 5.41) is 0. The molecule has 0 aliphatic rings. The zero-order chi connectivity index (χ0) is 9.10. The number of hydrogen-bond donors (Lipinski definition) is 0. The Morgan fingerprint density at radius 1 is 0.786 bits per heavy atom. The average Bonchev–Trinajstić information content (AvgIpc) is 2.20. The summed E-state index contributed by atoms with van der Waals surface area (Å²) in [6, 6.07) is 18.6. The fourth-order valence-electron chi connectivity index (χ4n) is 1.31. The van der Waals surface area contributed by atoms with E-state index >= 15 is 0 Å². The normalized spacial score (nSPS) is 9.21. The molecule has 68 valence electrons. The van der Waals surface area contributed by atoms with Gasteiger partial charge in [0.25, 0.3) is 0 Å². The second kappa shape index (κ2) is 5.54. The van der Waals surface area contributed by atoms with Gasteiger partial charge in [-0.05, 0) is 17.2 Å². The van der Waals surface area contributed by atoms with Crippen LogP contribution in [0.15, 0.2) is 59.1 Å². The molecular weight excluding hydrogens is 248 g/mol. The molecule has 0 fully saturated rings. The summed E-state index contributed by atoms with van der Waals surface area (Å²) in [7, 11) is 0. The predicted molar refractivity (Wildman–Crippen MR) is 67.6 cm³/mol. The van der Waals surface area contributed by atoms with Crippen LogP contribution in [0.4, 0.5) is 0 Å². The maximum atomic E-state index is 3.53. The summed E-state index contributed by atoms with van der Waals surface area (Å²) in [5.74, 6) is 0. The second-order valence-electron chi connectivity index (χ2n) is 2.85. The van der Waals surface area contributed by atoms with Crippen molar-refractivity contribution in [1.82, 2.24) is 0 Å². The van der Waals surface area contributed by atoms with Crippen LogP contribution in [0.1, 0.15) is 2.85 Å². The van der Waals surface area contributed by atoms with Crippen LogP contribution in [0.25, 0.3) is 11.1 Å². The molecule has 0 atom stereocenters. The van der Waals surface area contributed by atoms with Crippen LogP contribution in [0.5, 0.6) is 0 Å². The third-order valence-corrected chi connectivity index (χ3v) is 2.65. The third kappa shape index (κ3) is 2.59. The Hall–Kier alpha value is -0.314. The molecular formula is C12H11BrMg. The van der Waals surface area contributed by atoms with Gasteiger partial charge in [-0.2, -0.15) is 0 Å². The van der Waals surface area contributed by atoms with Crippen molar-refractivity contribution in [2.24, 2.45) is 0 Å². The van der Waals surface area contributed by atoms with E-state index in [2.05, 4.69) is 52.3 Å². The molecule has 0 aliphatic heterocycles. The van der Waals surface area contributed by atoms with E-state index in [-0.39, 0.29) is 25.9 Å². The molecule has 2 aromatic carbocycles. The van der Waals surface area contributed by atoms with Gasteiger partial charge in [0.1, 0.15) is 0 Å². The molecule has 0 unspecified atom stereocenters. The SMILES string of the molecule is Brc1ccccc1-c1ccccc1.[H-].[H-].[Mg+2]. The molecule has 2 rings (SSSR count). The van der Waals surface area contributed by atoms with Gasteiger partial charge < -0.3 is 2.85 Å². The molecule has 0 aromatic heterocycles. The third-order valence-electron chi connectivity index (χ3n) is 1.96. The van der Waals surface area contributed by atoms with Crippen LogP contribution in [0, 0.1) is 0 Å². The summed E-state index contributed by atoms with van der Waals surface area (Å²) < 4.78 is 1.14. The molecule has 0 aliphatic carbocycles. The minimum Gasteiger partial charge on any atom is -1.00 e. The van der Waals surface area contributed by atoms with Gasteiger partial charge >= 0.3 is 23.1 Å². The van der Waals surface area contributed by atoms with Gasteiger partial charge in [0.15, 0.2) is 0 Å². The molecule has 0 spiro atoms. The number of hydrogen-bond acceptors (Lipinski definition) is 0. The van der Waals surface area contributed by atoms with Crippen molar-refractivity contribution in [1.29, 1.82) is 0 Å². The van der Waals surface area contributed by atoms with Crippen LogP contribution in [-0.4, -0.2) is 23.1 Å². The largest absolute Gasteiger partial charge is 2.00 e. The van der Waals surface area contributed by atoms with E-state index in [1.54, 1.807) is 0 Å². The first-order chi connectivity index (χ1) is 6.38. The van der Waals surface area contributed by atoms with Gasteiger partial charge in [0.2, 0.25) is 0 Å². The minimum atomic E-state index is 0. The smallest absolute Gasteiger partial charge is 1.00 e. The maximum Gasteiger partial charge on any atom is 2.00 e. The van der Waals surface area contributed by atoms with Gasteiger partial charge in [0.05, 0.1) is 0 Å². The van der Waals surface area contributed by atoms with Crippen molar-refractivity contribution in [3.63, 3.8) is 0 Å². The summed E-state index contributed by atoms with van der Waals surface area (Å²) in [4.78, 5) is 0. The van der Waals surface area contributed by atoms with E-state index in [0.29, 0.717) is 0 Å². The van der Waals surface area contributed by atoms with Gasteiger partial charge in [0, 0.05) is 4.47 Å². The van der Waals surface area contributed by atoms with E-state index in [0.717, 1.165) is 4.47 Å². The first kappa shape index (κ1) is 11.8. The Morgan fingerprint density at radius 2 is 1.36 bits per heavy atom. The summed E-state index contributed by atoms with van der Waals surface area (Å²) in [6.07, 6.45) is 0. The summed E-state index contributed by atoms with van der Waals surface area (Å²) in [6.45, 7) is 0. The van der Waals surface area contributed by atoms with Crippen molar-refractivity contribution in [3.8, 4) is 11.1 Å². The van der Waals surface area contributed by atoms with E-state index < -0.39 is 0 Å². The van der Waals surface area contributed by atoms with Crippen molar-refractivity contribution in [2.45, 2.75) is 0 Å². The van der Waals surface area contributed by atoms with Crippen LogP contribution >= 0.6 is 15.9 Å². The van der Waals surface area contributed by atoms with Crippen molar-refractivity contribution in [2.75, 3.05) is 0 Å². The monoisotopic (exact) mass is 258 g/mol. The molecule has 0 bridgehead atoms. The number of benzene rings is 2. The Kier molecular flexibility index (Phi) is 4.65. The Morgan fingerprint density at radius 3 is 2.00 bits per heavy atom. The van der Waals surface area contributed by atoms with E-state index in [1.807, 2.05) is 18.2 Å². The fourth-order valence-corrected chi connectivity index (χ4v) is 1.83. The molecule has 0 amide bonds. The number of rotatable bonds is 1. The van der Waals surface area contributed by atoms with Gasteiger partial charge in [-0.1, -0.05) is 64.5 Å². The molecule has 0 N–H and O–H groups in total. The topological polar surface area (TPSA) is 0 Å². The molecule has 14 heavy (non-hydrogen) atoms. The van der Waals surface area contributed by atoms with Crippen LogP contribution in [0.3, 0.4) is 0 Å². The Balaban J connectivity index is 0. The summed E-state index contributed by atoms with van der Waals surface area (Å²) >= 11 is 3.53. The van der Waals surface area contributed by atoms with Crippen LogP contribution < -0.4 is 0 Å². The van der Waals surface area contributed by atoms with E-state index in [4.69, 9.17) is 0 Å². The Labute approximate surface area is 112 Å². The number of halogens is 1. The zero-order valence-corrected chi connectivity index (χ0v) is 10.8. The van der Waals surface area contributed by atoms with Gasteiger partial charge in [-0.15, -0.1) is 0 Å². The van der Waals surface area contributed by atoms with Crippen molar-refractivity contribution < 1.29 is 2.85 Å². The first-order valence-corrected chi connectivity index (χ1v) is 4.97. The molecule has 0 radical (unpaired) electrons. The Bertz CT molecular complexity index is 407. The molecule has 0 nitrogen and oxygen atoms in total. The quantitative estimate of drug-likeness (QED) is 0.680. The molecule has 2 aromatic rings. The van der Waals surface area contributed by atoms with Crippen LogP contribution in [-0.2, 0) is 0 Å². The van der Waals surface area contributed by atoms with Crippen LogP contribution in [0.2, 0.25) is 0 Å². The second-order valence-corrected chi connectivity index (χ2v) is 3.70. The molecule has 0 saturated heterocycles. The molecule has 0 heterocycles. The van der Waals surface area contributed by atoms with Crippen molar-refractivity contribution >= 4 is 39.0 Å². The fraction of sp³-hybridized carbons (Fsp3) is 0. The minimum absolute atomic E-state index is 0. The van der Waals surface area contributed by atoms with Gasteiger partial charge in [-0.25, -0.2) is 0 Å². The first-order valence-electron chi connectivity index (χ1n) is 4.18. The van der Waals surface area contributed by atoms with E-state index in [1.165, 1.54) is 11.1 Å². The van der Waals surface area contributed by atoms with E-state index in [9.17, 15) is 0 Å². The maximum absolute atomic E-state index is 3.53. The predicted octanol–water partition coefficient (Wildman–Crippen LogP) is 3.96.